The molecular formula is C28H28FN3O3S2. The summed E-state index contributed by atoms with van der Waals surface area (Å²) in [6.45, 7) is 2.03. The molecule has 9 heteroatoms. The minimum absolute atomic E-state index is 0.277. The number of halogens is 1. The first-order valence-corrected chi connectivity index (χ1v) is 13.9. The van der Waals surface area contributed by atoms with Crippen molar-refractivity contribution in [3.8, 4) is 0 Å². The molecule has 1 heterocycles. The van der Waals surface area contributed by atoms with Crippen LogP contribution in [0.1, 0.15) is 46.3 Å². The van der Waals surface area contributed by atoms with Crippen LogP contribution in [-0.4, -0.2) is 19.7 Å². The Morgan fingerprint density at radius 2 is 1.68 bits per heavy atom. The van der Waals surface area contributed by atoms with E-state index in [4.69, 9.17) is 9.54 Å². The van der Waals surface area contributed by atoms with Gasteiger partial charge >= 0.3 is 0 Å². The quantitative estimate of drug-likeness (QED) is 0.210. The normalized spacial score (nSPS) is 13.5. The smallest absolute Gasteiger partial charge is 0.259 e. The number of carbonyl (C=O) groups excluding carboxylic acids is 1. The standard InChI is InChI=1S/C28H28FN3O3S2/c1-2-21-18-36-28(30-21)26(17-20-12-14-22(15-13-20)32-37(34)35)31-27(33)24(16-19-8-4-3-5-9-19)23-10-6-7-11-25(23)29/h3-15,18,24,26,32H,2,16-17H2,1H3,(H,31,33)(H,34,35)/t24?,26-/m0/s1. The minimum atomic E-state index is -2.16. The maximum absolute atomic E-state index is 14.9. The van der Waals surface area contributed by atoms with E-state index < -0.39 is 29.0 Å². The Hall–Kier alpha value is -3.40. The maximum atomic E-state index is 14.9. The van der Waals surface area contributed by atoms with Gasteiger partial charge in [-0.05, 0) is 48.6 Å². The van der Waals surface area contributed by atoms with Crippen molar-refractivity contribution in [2.45, 2.75) is 38.1 Å². The van der Waals surface area contributed by atoms with Crippen LogP contribution in [0.5, 0.6) is 0 Å². The first kappa shape index (κ1) is 26.7. The van der Waals surface area contributed by atoms with Crippen molar-refractivity contribution in [1.82, 2.24) is 10.3 Å². The van der Waals surface area contributed by atoms with Gasteiger partial charge in [-0.1, -0.05) is 67.6 Å². The lowest BCUT2D eigenvalue weighted by Crippen LogP contribution is -2.35. The van der Waals surface area contributed by atoms with E-state index in [2.05, 4.69) is 10.0 Å². The lowest BCUT2D eigenvalue weighted by atomic mass is 9.90. The maximum Gasteiger partial charge on any atom is 0.259 e. The summed E-state index contributed by atoms with van der Waals surface area (Å²) in [5, 5.41) is 5.91. The number of rotatable bonds is 11. The second kappa shape index (κ2) is 12.7. The molecule has 1 amide bonds. The van der Waals surface area contributed by atoms with Gasteiger partial charge in [0, 0.05) is 16.6 Å². The topological polar surface area (TPSA) is 91.3 Å². The van der Waals surface area contributed by atoms with E-state index in [1.807, 2.05) is 54.8 Å². The van der Waals surface area contributed by atoms with Crippen molar-refractivity contribution in [2.75, 3.05) is 4.72 Å². The number of benzene rings is 3. The second-order valence-corrected chi connectivity index (χ2v) is 10.2. The zero-order chi connectivity index (χ0) is 26.2. The molecule has 0 radical (unpaired) electrons. The Balaban J connectivity index is 1.62. The molecule has 0 spiro atoms. The molecule has 37 heavy (non-hydrogen) atoms. The fourth-order valence-corrected chi connectivity index (χ4v) is 5.40. The lowest BCUT2D eigenvalue weighted by molar-refractivity contribution is -0.123. The highest BCUT2D eigenvalue weighted by Gasteiger charge is 2.28. The third kappa shape index (κ3) is 7.31. The molecule has 2 unspecified atom stereocenters. The molecule has 0 bridgehead atoms. The summed E-state index contributed by atoms with van der Waals surface area (Å²) < 4.78 is 37.4. The summed E-state index contributed by atoms with van der Waals surface area (Å²) in [7, 11) is 0. The van der Waals surface area contributed by atoms with Gasteiger partial charge in [-0.25, -0.2) is 13.6 Å². The fraction of sp³-hybridized carbons (Fsp3) is 0.214. The van der Waals surface area contributed by atoms with Crippen LogP contribution in [0.25, 0.3) is 0 Å². The highest BCUT2D eigenvalue weighted by molar-refractivity contribution is 7.80. The van der Waals surface area contributed by atoms with E-state index >= 15 is 0 Å². The van der Waals surface area contributed by atoms with Gasteiger partial charge in [0.25, 0.3) is 11.3 Å². The number of nitrogens with zero attached hydrogens (tertiary/aromatic N) is 1. The molecule has 3 N–H and O–H groups in total. The van der Waals surface area contributed by atoms with Gasteiger partial charge < -0.3 is 5.32 Å². The van der Waals surface area contributed by atoms with Crippen LogP contribution in [0.2, 0.25) is 0 Å². The largest absolute Gasteiger partial charge is 0.346 e. The molecule has 0 aliphatic heterocycles. The third-order valence-electron chi connectivity index (χ3n) is 6.03. The molecular weight excluding hydrogens is 509 g/mol. The molecule has 4 rings (SSSR count). The van der Waals surface area contributed by atoms with Gasteiger partial charge in [-0.3, -0.25) is 14.1 Å². The first-order chi connectivity index (χ1) is 17.9. The van der Waals surface area contributed by atoms with E-state index in [-0.39, 0.29) is 5.91 Å². The van der Waals surface area contributed by atoms with E-state index in [9.17, 15) is 13.4 Å². The van der Waals surface area contributed by atoms with Gasteiger partial charge in [0.15, 0.2) is 0 Å². The minimum Gasteiger partial charge on any atom is -0.346 e. The highest BCUT2D eigenvalue weighted by atomic mass is 32.2. The number of thiazole rings is 1. The van der Waals surface area contributed by atoms with Gasteiger partial charge in [-0.15, -0.1) is 11.3 Å². The summed E-state index contributed by atoms with van der Waals surface area (Å²) in [5.41, 5.74) is 3.66. The summed E-state index contributed by atoms with van der Waals surface area (Å²) in [6.07, 6.45) is 1.60. The van der Waals surface area contributed by atoms with Crippen molar-refractivity contribution in [3.05, 3.63) is 117 Å². The molecule has 6 nitrogen and oxygen atoms in total. The van der Waals surface area contributed by atoms with Gasteiger partial charge in [-0.2, -0.15) is 0 Å². The number of anilines is 1. The van der Waals surface area contributed by atoms with Gasteiger partial charge in [0.2, 0.25) is 5.91 Å². The average Bonchev–Trinajstić information content (AvgIpc) is 3.38. The summed E-state index contributed by atoms with van der Waals surface area (Å²) in [4.78, 5) is 18.5. The van der Waals surface area contributed by atoms with Crippen LogP contribution in [0, 0.1) is 5.82 Å². The lowest BCUT2D eigenvalue weighted by Gasteiger charge is -2.23. The first-order valence-electron chi connectivity index (χ1n) is 11.9. The van der Waals surface area contributed by atoms with Crippen LogP contribution in [0.4, 0.5) is 10.1 Å². The summed E-state index contributed by atoms with van der Waals surface area (Å²) in [6, 6.07) is 22.6. The molecule has 192 valence electrons. The van der Waals surface area contributed by atoms with Crippen LogP contribution >= 0.6 is 11.3 Å². The molecule has 0 fully saturated rings. The number of carbonyl (C=O) groups is 1. The number of hydrogen-bond acceptors (Lipinski definition) is 4. The summed E-state index contributed by atoms with van der Waals surface area (Å²) >= 11 is -0.674. The molecule has 0 aliphatic rings. The predicted molar refractivity (Wildman–Crippen MR) is 146 cm³/mol. The fourth-order valence-electron chi connectivity index (χ4n) is 4.11. The van der Waals surface area contributed by atoms with Crippen LogP contribution in [0.3, 0.4) is 0 Å². The molecule has 0 saturated carbocycles. The van der Waals surface area contributed by atoms with E-state index in [0.717, 1.165) is 28.2 Å². The number of amides is 1. The molecule has 1 aromatic heterocycles. The SMILES string of the molecule is CCc1csc([C@H](Cc2ccc(NS(=O)O)cc2)NC(=O)C(Cc2ccccc2)c2ccccc2F)n1. The predicted octanol–water partition coefficient (Wildman–Crippen LogP) is 5.82. The van der Waals surface area contributed by atoms with Crippen molar-refractivity contribution in [1.29, 1.82) is 0 Å². The zero-order valence-electron chi connectivity index (χ0n) is 20.3. The van der Waals surface area contributed by atoms with Crippen molar-refractivity contribution >= 4 is 34.2 Å². The Labute approximate surface area is 222 Å². The highest BCUT2D eigenvalue weighted by Crippen LogP contribution is 2.28. The van der Waals surface area contributed by atoms with Crippen LogP contribution in [0.15, 0.2) is 84.2 Å². The van der Waals surface area contributed by atoms with Gasteiger partial charge in [0.1, 0.15) is 10.8 Å². The number of hydrogen-bond donors (Lipinski definition) is 3. The number of aromatic nitrogens is 1. The van der Waals surface area contributed by atoms with Gasteiger partial charge in [0.05, 0.1) is 17.7 Å². The van der Waals surface area contributed by atoms with Crippen LogP contribution in [-0.2, 0) is 35.3 Å². The van der Waals surface area contributed by atoms with E-state index in [0.29, 0.717) is 24.1 Å². The number of nitrogens with one attached hydrogen (secondary N) is 2. The molecule has 4 aromatic rings. The Morgan fingerprint density at radius 3 is 2.32 bits per heavy atom. The van der Waals surface area contributed by atoms with Crippen LogP contribution < -0.4 is 10.0 Å². The molecule has 0 aliphatic carbocycles. The summed E-state index contributed by atoms with van der Waals surface area (Å²) in [5.74, 6) is -1.41. The van der Waals surface area contributed by atoms with Crippen molar-refractivity contribution in [2.24, 2.45) is 0 Å². The Morgan fingerprint density at radius 1 is 1.00 bits per heavy atom. The molecule has 0 saturated heterocycles. The Kier molecular flexibility index (Phi) is 9.16. The number of aryl methyl sites for hydroxylation is 1. The zero-order valence-corrected chi connectivity index (χ0v) is 21.9. The monoisotopic (exact) mass is 537 g/mol. The van der Waals surface area contributed by atoms with Crippen molar-refractivity contribution < 1.29 is 17.9 Å². The Bertz CT molecular complexity index is 1350. The third-order valence-corrected chi connectivity index (χ3v) is 7.44. The van der Waals surface area contributed by atoms with E-state index in [1.165, 1.54) is 17.4 Å². The molecule has 3 aromatic carbocycles. The molecule has 3 atom stereocenters. The van der Waals surface area contributed by atoms with Crippen molar-refractivity contribution in [3.63, 3.8) is 0 Å². The van der Waals surface area contributed by atoms with E-state index in [1.54, 1.807) is 30.3 Å². The second-order valence-electron chi connectivity index (χ2n) is 8.61. The average molecular weight is 538 g/mol.